The summed E-state index contributed by atoms with van der Waals surface area (Å²) in [4.78, 5) is 0. The molecule has 1 saturated carbocycles. The van der Waals surface area contributed by atoms with Crippen LogP contribution >= 0.6 is 0 Å². The van der Waals surface area contributed by atoms with Gasteiger partial charge in [-0.25, -0.2) is 0 Å². The zero-order chi connectivity index (χ0) is 8.48. The highest BCUT2D eigenvalue weighted by atomic mass is 19.4. The molecule has 0 saturated heterocycles. The van der Waals surface area contributed by atoms with Crippen LogP contribution < -0.4 is 0 Å². The van der Waals surface area contributed by atoms with Gasteiger partial charge in [-0.3, -0.25) is 0 Å². The Hall–Kier alpha value is -0.145. The van der Waals surface area contributed by atoms with E-state index < -0.39 is 12.8 Å². The van der Waals surface area contributed by atoms with Gasteiger partial charge in [0.1, 0.15) is 0 Å². The van der Waals surface area contributed by atoms with Gasteiger partial charge in [0.2, 0.25) is 0 Å². The van der Waals surface area contributed by atoms with Crippen molar-refractivity contribution >= 4 is 6.98 Å². The van der Waals surface area contributed by atoms with E-state index in [0.29, 0.717) is 6.42 Å². The molecule has 0 aliphatic heterocycles. The van der Waals surface area contributed by atoms with E-state index in [2.05, 4.69) is 0 Å². The predicted molar refractivity (Wildman–Crippen MR) is 40.5 cm³/mol. The first-order valence-electron chi connectivity index (χ1n) is 4.25. The molecule has 0 bridgehead atoms. The van der Waals surface area contributed by atoms with Crippen molar-refractivity contribution in [3.05, 3.63) is 0 Å². The minimum atomic E-state index is -4.51. The average Bonchev–Trinajstić information content (AvgIpc) is 2.60. The standard InChI is InChI=1S/C7H13BF3/c1-2-3-4-6-5-7(6)8(9,10)11/h6-7H,2-5H2,1H3/q-1. The Morgan fingerprint density at radius 2 is 2.00 bits per heavy atom. The zero-order valence-electron chi connectivity index (χ0n) is 6.69. The molecule has 4 heteroatoms. The van der Waals surface area contributed by atoms with Crippen LogP contribution in [0.1, 0.15) is 32.6 Å². The lowest BCUT2D eigenvalue weighted by atomic mass is 9.81. The van der Waals surface area contributed by atoms with E-state index in [0.717, 1.165) is 19.3 Å². The Bertz CT molecular complexity index is 132. The summed E-state index contributed by atoms with van der Waals surface area (Å²) in [6, 6.07) is 0. The van der Waals surface area contributed by atoms with Crippen LogP contribution in [0, 0.1) is 5.92 Å². The van der Waals surface area contributed by atoms with E-state index in [1.807, 2.05) is 6.92 Å². The summed E-state index contributed by atoms with van der Waals surface area (Å²) < 4.78 is 35.9. The molecule has 2 atom stereocenters. The van der Waals surface area contributed by atoms with E-state index in [1.165, 1.54) is 0 Å². The first kappa shape index (κ1) is 8.95. The molecular formula is C7H13BF3-. The van der Waals surface area contributed by atoms with Crippen molar-refractivity contribution < 1.29 is 12.9 Å². The molecule has 0 heterocycles. The summed E-state index contributed by atoms with van der Waals surface area (Å²) >= 11 is 0. The van der Waals surface area contributed by atoms with Gasteiger partial charge in [-0.15, -0.1) is 0 Å². The molecule has 0 N–H and O–H groups in total. The SMILES string of the molecule is CCCCC1CC1[B-](F)(F)F. The molecule has 2 unspecified atom stereocenters. The van der Waals surface area contributed by atoms with Crippen LogP contribution in [0.2, 0.25) is 5.82 Å². The van der Waals surface area contributed by atoms with Gasteiger partial charge < -0.3 is 12.9 Å². The van der Waals surface area contributed by atoms with Crippen molar-refractivity contribution in [1.29, 1.82) is 0 Å². The summed E-state index contributed by atoms with van der Waals surface area (Å²) in [6.45, 7) is -2.50. The average molecular weight is 165 g/mol. The van der Waals surface area contributed by atoms with Crippen LogP contribution in [0.3, 0.4) is 0 Å². The molecule has 1 rings (SSSR count). The first-order valence-corrected chi connectivity index (χ1v) is 4.25. The fourth-order valence-corrected chi connectivity index (χ4v) is 1.53. The quantitative estimate of drug-likeness (QED) is 0.559. The minimum Gasteiger partial charge on any atom is -0.449 e. The molecule has 66 valence electrons. The molecule has 1 fully saturated rings. The molecule has 0 amide bonds. The zero-order valence-corrected chi connectivity index (χ0v) is 6.69. The Labute approximate surface area is 65.2 Å². The summed E-state index contributed by atoms with van der Waals surface area (Å²) in [7, 11) is 0. The van der Waals surface area contributed by atoms with Crippen molar-refractivity contribution in [3.63, 3.8) is 0 Å². The topological polar surface area (TPSA) is 0 Å². The van der Waals surface area contributed by atoms with Gasteiger partial charge in [0.15, 0.2) is 0 Å². The smallest absolute Gasteiger partial charge is 0.449 e. The lowest BCUT2D eigenvalue weighted by molar-refractivity contribution is 0.456. The Morgan fingerprint density at radius 3 is 2.36 bits per heavy atom. The molecule has 11 heavy (non-hydrogen) atoms. The van der Waals surface area contributed by atoms with E-state index in [-0.39, 0.29) is 5.92 Å². The second-order valence-electron chi connectivity index (χ2n) is 3.43. The van der Waals surface area contributed by atoms with Gasteiger partial charge in [0.05, 0.1) is 0 Å². The number of halogens is 3. The first-order chi connectivity index (χ1) is 5.05. The normalized spacial score (nSPS) is 30.5. The Kier molecular flexibility index (Phi) is 2.50. The summed E-state index contributed by atoms with van der Waals surface area (Å²) in [5.74, 6) is -0.920. The molecule has 0 spiro atoms. The maximum atomic E-state index is 12.0. The van der Waals surface area contributed by atoms with Crippen molar-refractivity contribution in [3.8, 4) is 0 Å². The molecular weight excluding hydrogens is 152 g/mol. The third-order valence-corrected chi connectivity index (χ3v) is 2.39. The van der Waals surface area contributed by atoms with Crippen molar-refractivity contribution in [2.24, 2.45) is 5.92 Å². The Balaban J connectivity index is 2.16. The molecule has 0 aromatic heterocycles. The Morgan fingerprint density at radius 1 is 1.36 bits per heavy atom. The third kappa shape index (κ3) is 2.42. The highest BCUT2D eigenvalue weighted by Gasteiger charge is 2.49. The number of rotatable bonds is 4. The second-order valence-corrected chi connectivity index (χ2v) is 3.43. The third-order valence-electron chi connectivity index (χ3n) is 2.39. The number of hydrogen-bond donors (Lipinski definition) is 0. The predicted octanol–water partition coefficient (Wildman–Crippen LogP) is 3.41. The molecule has 1 aliphatic carbocycles. The van der Waals surface area contributed by atoms with Gasteiger partial charge in [-0.05, 0) is 0 Å². The molecule has 0 aromatic carbocycles. The monoisotopic (exact) mass is 165 g/mol. The summed E-state index contributed by atoms with van der Waals surface area (Å²) in [6.07, 6.45) is 3.15. The van der Waals surface area contributed by atoms with Crippen LogP contribution in [-0.4, -0.2) is 6.98 Å². The number of unbranched alkanes of at least 4 members (excludes halogenated alkanes) is 1. The summed E-state index contributed by atoms with van der Waals surface area (Å²) in [5, 5.41) is 0. The van der Waals surface area contributed by atoms with Crippen LogP contribution in [0.5, 0.6) is 0 Å². The van der Waals surface area contributed by atoms with E-state index in [9.17, 15) is 12.9 Å². The molecule has 1 aliphatic rings. The lowest BCUT2D eigenvalue weighted by Crippen LogP contribution is -2.15. The van der Waals surface area contributed by atoms with Gasteiger partial charge in [0, 0.05) is 0 Å². The van der Waals surface area contributed by atoms with Crippen LogP contribution in [-0.2, 0) is 0 Å². The van der Waals surface area contributed by atoms with Crippen LogP contribution in [0.4, 0.5) is 12.9 Å². The van der Waals surface area contributed by atoms with E-state index in [4.69, 9.17) is 0 Å². The van der Waals surface area contributed by atoms with Gasteiger partial charge in [0.25, 0.3) is 0 Å². The second kappa shape index (κ2) is 3.07. The van der Waals surface area contributed by atoms with Gasteiger partial charge in [-0.1, -0.05) is 44.3 Å². The fraction of sp³-hybridized carbons (Fsp3) is 1.00. The van der Waals surface area contributed by atoms with Gasteiger partial charge in [-0.2, -0.15) is 0 Å². The summed E-state index contributed by atoms with van der Waals surface area (Å²) in [5.41, 5.74) is 0. The molecule has 0 radical (unpaired) electrons. The van der Waals surface area contributed by atoms with Gasteiger partial charge >= 0.3 is 6.98 Å². The highest BCUT2D eigenvalue weighted by Crippen LogP contribution is 2.55. The van der Waals surface area contributed by atoms with Crippen molar-refractivity contribution in [1.82, 2.24) is 0 Å². The minimum absolute atomic E-state index is 0.0186. The maximum absolute atomic E-state index is 12.0. The molecule has 0 nitrogen and oxygen atoms in total. The lowest BCUT2D eigenvalue weighted by Gasteiger charge is -2.12. The van der Waals surface area contributed by atoms with E-state index >= 15 is 0 Å². The van der Waals surface area contributed by atoms with E-state index in [1.54, 1.807) is 0 Å². The maximum Gasteiger partial charge on any atom is 0.481 e. The van der Waals surface area contributed by atoms with Crippen LogP contribution in [0.25, 0.3) is 0 Å². The fourth-order valence-electron chi connectivity index (χ4n) is 1.53. The van der Waals surface area contributed by atoms with Crippen LogP contribution in [0.15, 0.2) is 0 Å². The van der Waals surface area contributed by atoms with Crippen molar-refractivity contribution in [2.75, 3.05) is 0 Å². The molecule has 0 aromatic rings. The largest absolute Gasteiger partial charge is 0.481 e. The van der Waals surface area contributed by atoms with Crippen molar-refractivity contribution in [2.45, 2.75) is 38.4 Å². The number of hydrogen-bond acceptors (Lipinski definition) is 0. The highest BCUT2D eigenvalue weighted by molar-refractivity contribution is 6.61.